The molecule has 0 amide bonds. The number of benzene rings is 1. The van der Waals surface area contributed by atoms with Crippen LogP contribution in [0, 0.1) is 0 Å². The monoisotopic (exact) mass is 286 g/mol. The van der Waals surface area contributed by atoms with Crippen LogP contribution in [0.2, 0.25) is 0 Å². The maximum atomic E-state index is 2.64. The first-order valence-electron chi connectivity index (χ1n) is 8.99. The Morgan fingerprint density at radius 3 is 2.38 bits per heavy atom. The summed E-state index contributed by atoms with van der Waals surface area (Å²) in [7, 11) is 0. The number of unbranched alkanes of at least 4 members (excludes halogenated alkanes) is 3. The van der Waals surface area contributed by atoms with Gasteiger partial charge in [-0.15, -0.1) is 0 Å². The van der Waals surface area contributed by atoms with Crippen LogP contribution < -0.4 is 4.90 Å². The molecule has 0 aliphatic carbocycles. The number of hydrogen-bond acceptors (Lipinski definition) is 2. The van der Waals surface area contributed by atoms with Crippen LogP contribution in [-0.2, 0) is 6.42 Å². The number of fused-ring (bicyclic) bond motifs is 1. The van der Waals surface area contributed by atoms with Crippen LogP contribution in [0.3, 0.4) is 0 Å². The quantitative estimate of drug-likeness (QED) is 0.696. The maximum Gasteiger partial charge on any atom is 0.0398 e. The fraction of sp³-hybridized carbons (Fsp3) is 0.684. The number of nitrogens with zero attached hydrogens (tertiary/aromatic N) is 2. The Morgan fingerprint density at radius 2 is 1.52 bits per heavy atom. The molecule has 2 heterocycles. The zero-order valence-corrected chi connectivity index (χ0v) is 13.4. The summed E-state index contributed by atoms with van der Waals surface area (Å²) >= 11 is 0. The van der Waals surface area contributed by atoms with E-state index >= 15 is 0 Å². The SMILES string of the molecule is c1ccc2c(c1)CCCN2CCCCCCN1CCCC1. The second-order valence-corrected chi connectivity index (χ2v) is 6.68. The van der Waals surface area contributed by atoms with Crippen molar-refractivity contribution in [1.29, 1.82) is 0 Å². The third-order valence-corrected chi connectivity index (χ3v) is 5.06. The predicted octanol–water partition coefficient (Wildman–Crippen LogP) is 4.10. The first-order chi connectivity index (χ1) is 10.4. The highest BCUT2D eigenvalue weighted by molar-refractivity contribution is 5.55. The van der Waals surface area contributed by atoms with Crippen LogP contribution in [0.1, 0.15) is 50.5 Å². The number of para-hydroxylation sites is 1. The smallest absolute Gasteiger partial charge is 0.0398 e. The lowest BCUT2D eigenvalue weighted by molar-refractivity contribution is 0.328. The summed E-state index contributed by atoms with van der Waals surface area (Å²) in [5.41, 5.74) is 3.05. The van der Waals surface area contributed by atoms with Gasteiger partial charge in [0.2, 0.25) is 0 Å². The minimum atomic E-state index is 1.25. The maximum absolute atomic E-state index is 2.64. The van der Waals surface area contributed by atoms with Crippen molar-refractivity contribution in [1.82, 2.24) is 4.90 Å². The second kappa shape index (κ2) is 7.84. The molecule has 2 aliphatic rings. The van der Waals surface area contributed by atoms with E-state index in [1.54, 1.807) is 5.56 Å². The van der Waals surface area contributed by atoms with Crippen LogP contribution in [0.15, 0.2) is 24.3 Å². The second-order valence-electron chi connectivity index (χ2n) is 6.68. The zero-order valence-electron chi connectivity index (χ0n) is 13.4. The normalized spacial score (nSPS) is 19.0. The van der Waals surface area contributed by atoms with Crippen molar-refractivity contribution in [2.45, 2.75) is 51.4 Å². The highest BCUT2D eigenvalue weighted by Crippen LogP contribution is 2.26. The lowest BCUT2D eigenvalue weighted by Crippen LogP contribution is -2.30. The number of aryl methyl sites for hydroxylation is 1. The van der Waals surface area contributed by atoms with Crippen molar-refractivity contribution in [2.24, 2.45) is 0 Å². The van der Waals surface area contributed by atoms with Crippen LogP contribution >= 0.6 is 0 Å². The molecule has 21 heavy (non-hydrogen) atoms. The average molecular weight is 286 g/mol. The Balaban J connectivity index is 1.32. The molecular formula is C19H30N2. The van der Waals surface area contributed by atoms with Gasteiger partial charge in [-0.3, -0.25) is 0 Å². The molecule has 1 saturated heterocycles. The summed E-state index contributed by atoms with van der Waals surface area (Å²) in [5, 5.41) is 0. The van der Waals surface area contributed by atoms with Gasteiger partial charge in [-0.1, -0.05) is 31.0 Å². The van der Waals surface area contributed by atoms with Crippen molar-refractivity contribution in [2.75, 3.05) is 37.6 Å². The summed E-state index contributed by atoms with van der Waals surface area (Å²) < 4.78 is 0. The molecule has 1 fully saturated rings. The van der Waals surface area contributed by atoms with Gasteiger partial charge < -0.3 is 9.80 Å². The van der Waals surface area contributed by atoms with Gasteiger partial charge in [-0.25, -0.2) is 0 Å². The Hall–Kier alpha value is -1.02. The van der Waals surface area contributed by atoms with E-state index in [2.05, 4.69) is 34.1 Å². The van der Waals surface area contributed by atoms with Crippen LogP contribution in [-0.4, -0.2) is 37.6 Å². The summed E-state index contributed by atoms with van der Waals surface area (Å²) in [6, 6.07) is 8.98. The van der Waals surface area contributed by atoms with E-state index in [0.717, 1.165) is 0 Å². The molecule has 2 nitrogen and oxygen atoms in total. The summed E-state index contributed by atoms with van der Waals surface area (Å²) in [6.07, 6.45) is 11.0. The van der Waals surface area contributed by atoms with Crippen molar-refractivity contribution in [3.63, 3.8) is 0 Å². The molecular weight excluding hydrogens is 256 g/mol. The molecule has 0 spiro atoms. The largest absolute Gasteiger partial charge is 0.371 e. The van der Waals surface area contributed by atoms with Crippen LogP contribution in [0.5, 0.6) is 0 Å². The molecule has 2 heteroatoms. The minimum absolute atomic E-state index is 1.25. The first-order valence-corrected chi connectivity index (χ1v) is 8.99. The van der Waals surface area contributed by atoms with Gasteiger partial charge in [0.15, 0.2) is 0 Å². The van der Waals surface area contributed by atoms with Gasteiger partial charge in [0.1, 0.15) is 0 Å². The molecule has 2 aliphatic heterocycles. The minimum Gasteiger partial charge on any atom is -0.371 e. The molecule has 0 radical (unpaired) electrons. The van der Waals surface area contributed by atoms with Crippen molar-refractivity contribution in [3.05, 3.63) is 29.8 Å². The third kappa shape index (κ3) is 4.23. The molecule has 116 valence electrons. The first kappa shape index (κ1) is 14.9. The van der Waals surface area contributed by atoms with Gasteiger partial charge in [-0.2, -0.15) is 0 Å². The third-order valence-electron chi connectivity index (χ3n) is 5.06. The number of likely N-dealkylation sites (tertiary alicyclic amines) is 1. The molecule has 1 aromatic carbocycles. The van der Waals surface area contributed by atoms with Gasteiger partial charge >= 0.3 is 0 Å². The molecule has 0 unspecified atom stereocenters. The zero-order chi connectivity index (χ0) is 14.3. The standard InChI is InChI=1S/C19H30N2/c1(5-13-20-14-7-8-15-20)2-6-16-21-17-9-11-18-10-3-4-12-19(18)21/h3-4,10,12H,1-2,5-9,11,13-17H2. The van der Waals surface area contributed by atoms with Crippen LogP contribution in [0.4, 0.5) is 5.69 Å². The molecule has 0 saturated carbocycles. The molecule has 0 N–H and O–H groups in total. The number of hydrogen-bond donors (Lipinski definition) is 0. The lowest BCUT2D eigenvalue weighted by Gasteiger charge is -2.31. The fourth-order valence-corrected chi connectivity index (χ4v) is 3.84. The number of anilines is 1. The summed E-state index contributed by atoms with van der Waals surface area (Å²) in [5.74, 6) is 0. The van der Waals surface area contributed by atoms with Gasteiger partial charge in [0, 0.05) is 18.8 Å². The predicted molar refractivity (Wildman–Crippen MR) is 91.1 cm³/mol. The van der Waals surface area contributed by atoms with E-state index in [1.165, 1.54) is 89.8 Å². The van der Waals surface area contributed by atoms with E-state index in [4.69, 9.17) is 0 Å². The van der Waals surface area contributed by atoms with Gasteiger partial charge in [0.05, 0.1) is 0 Å². The van der Waals surface area contributed by atoms with Crippen molar-refractivity contribution < 1.29 is 0 Å². The molecule has 1 aromatic rings. The van der Waals surface area contributed by atoms with Crippen molar-refractivity contribution in [3.8, 4) is 0 Å². The Kier molecular flexibility index (Phi) is 5.56. The highest BCUT2D eigenvalue weighted by Gasteiger charge is 2.15. The molecule has 0 aromatic heterocycles. The molecule has 0 atom stereocenters. The topological polar surface area (TPSA) is 6.48 Å². The fourth-order valence-electron chi connectivity index (χ4n) is 3.84. The average Bonchev–Trinajstić information content (AvgIpc) is 3.04. The Bertz CT molecular complexity index is 423. The Labute approximate surface area is 130 Å². The Morgan fingerprint density at radius 1 is 0.762 bits per heavy atom. The van der Waals surface area contributed by atoms with Crippen LogP contribution in [0.25, 0.3) is 0 Å². The lowest BCUT2D eigenvalue weighted by atomic mass is 10.0. The van der Waals surface area contributed by atoms with E-state index in [0.29, 0.717) is 0 Å². The van der Waals surface area contributed by atoms with E-state index in [1.807, 2.05) is 0 Å². The summed E-state index contributed by atoms with van der Waals surface area (Å²) in [6.45, 7) is 6.55. The molecule has 3 rings (SSSR count). The summed E-state index contributed by atoms with van der Waals surface area (Å²) in [4.78, 5) is 5.25. The molecule has 0 bridgehead atoms. The van der Waals surface area contributed by atoms with Crippen molar-refractivity contribution >= 4 is 5.69 Å². The highest BCUT2D eigenvalue weighted by atomic mass is 15.1. The van der Waals surface area contributed by atoms with E-state index in [9.17, 15) is 0 Å². The van der Waals surface area contributed by atoms with Gasteiger partial charge in [-0.05, 0) is 69.8 Å². The van der Waals surface area contributed by atoms with Gasteiger partial charge in [0.25, 0.3) is 0 Å². The van der Waals surface area contributed by atoms with E-state index < -0.39 is 0 Å². The van der Waals surface area contributed by atoms with E-state index in [-0.39, 0.29) is 0 Å². The number of rotatable bonds is 7.